The molecule has 1 aliphatic rings. The van der Waals surface area contributed by atoms with E-state index in [1.54, 1.807) is 0 Å². The van der Waals surface area contributed by atoms with Crippen LogP contribution in [0, 0.1) is 0 Å². The van der Waals surface area contributed by atoms with Crippen molar-refractivity contribution in [2.75, 3.05) is 39.5 Å². The maximum absolute atomic E-state index is 12.6. The van der Waals surface area contributed by atoms with Crippen LogP contribution in [0.1, 0.15) is 11.6 Å². The number of hydrogen-bond donors (Lipinski definition) is 1. The summed E-state index contributed by atoms with van der Waals surface area (Å²) in [5.41, 5.74) is 1.10. The van der Waals surface area contributed by atoms with E-state index in [4.69, 9.17) is 9.47 Å². The number of rotatable bonds is 7. The van der Waals surface area contributed by atoms with Crippen molar-refractivity contribution in [3.63, 3.8) is 0 Å². The number of benzene rings is 3. The maximum Gasteiger partial charge on any atom is 0.258 e. The van der Waals surface area contributed by atoms with Gasteiger partial charge in [0.2, 0.25) is 0 Å². The monoisotopic (exact) mass is 390 g/mol. The van der Waals surface area contributed by atoms with Crippen LogP contribution in [0.5, 0.6) is 5.75 Å². The lowest BCUT2D eigenvalue weighted by Crippen LogP contribution is -2.44. The quantitative estimate of drug-likeness (QED) is 0.672. The first kappa shape index (κ1) is 19.4. The Balaban J connectivity index is 1.38. The molecule has 0 bridgehead atoms. The Morgan fingerprint density at radius 3 is 2.48 bits per heavy atom. The van der Waals surface area contributed by atoms with Crippen molar-refractivity contribution in [3.05, 3.63) is 78.4 Å². The molecule has 1 atom stereocenters. The predicted octanol–water partition coefficient (Wildman–Crippen LogP) is 3.41. The highest BCUT2D eigenvalue weighted by atomic mass is 16.5. The molecule has 3 aromatic carbocycles. The fourth-order valence-corrected chi connectivity index (χ4v) is 3.60. The zero-order chi connectivity index (χ0) is 19.9. The van der Waals surface area contributed by atoms with Gasteiger partial charge in [-0.2, -0.15) is 0 Å². The van der Waals surface area contributed by atoms with Crippen molar-refractivity contribution in [3.8, 4) is 5.75 Å². The minimum absolute atomic E-state index is 0.00914. The lowest BCUT2D eigenvalue weighted by Gasteiger charge is -2.31. The van der Waals surface area contributed by atoms with Gasteiger partial charge in [-0.3, -0.25) is 9.69 Å². The van der Waals surface area contributed by atoms with Gasteiger partial charge < -0.3 is 14.8 Å². The summed E-state index contributed by atoms with van der Waals surface area (Å²) in [7, 11) is 0. The zero-order valence-corrected chi connectivity index (χ0v) is 16.4. The molecule has 5 nitrogen and oxygen atoms in total. The average Bonchev–Trinajstić information content (AvgIpc) is 2.78. The molecule has 150 valence electrons. The largest absolute Gasteiger partial charge is 0.484 e. The van der Waals surface area contributed by atoms with Crippen LogP contribution in [-0.4, -0.2) is 50.3 Å². The molecular weight excluding hydrogens is 364 g/mol. The molecule has 1 fully saturated rings. The number of ether oxygens (including phenoxy) is 2. The number of nitrogens with zero attached hydrogens (tertiary/aromatic N) is 1. The minimum atomic E-state index is -0.125. The highest BCUT2D eigenvalue weighted by Crippen LogP contribution is 2.21. The third-order valence-electron chi connectivity index (χ3n) is 5.17. The lowest BCUT2D eigenvalue weighted by atomic mass is 10.1. The van der Waals surface area contributed by atoms with Crippen LogP contribution in [0.2, 0.25) is 0 Å². The molecule has 1 aliphatic heterocycles. The second-order valence-electron chi connectivity index (χ2n) is 7.24. The molecule has 3 aromatic rings. The Bertz CT molecular complexity index is 939. The summed E-state index contributed by atoms with van der Waals surface area (Å²) in [6.07, 6.45) is 0. The topological polar surface area (TPSA) is 50.8 Å². The molecule has 1 N–H and O–H groups in total. The summed E-state index contributed by atoms with van der Waals surface area (Å²) in [5.74, 6) is 0.573. The van der Waals surface area contributed by atoms with Crippen LogP contribution in [0.15, 0.2) is 72.8 Å². The lowest BCUT2D eigenvalue weighted by molar-refractivity contribution is -0.124. The predicted molar refractivity (Wildman–Crippen MR) is 114 cm³/mol. The number of carbonyl (C=O) groups excluding carboxylic acids is 1. The third-order valence-corrected chi connectivity index (χ3v) is 5.17. The van der Waals surface area contributed by atoms with E-state index in [1.807, 2.05) is 54.6 Å². The molecule has 1 amide bonds. The molecular formula is C24H26N2O3. The smallest absolute Gasteiger partial charge is 0.258 e. The highest BCUT2D eigenvalue weighted by molar-refractivity contribution is 5.84. The van der Waals surface area contributed by atoms with Crippen molar-refractivity contribution in [2.45, 2.75) is 6.04 Å². The fraction of sp³-hybridized carbons (Fsp3) is 0.292. The van der Waals surface area contributed by atoms with E-state index >= 15 is 0 Å². The second-order valence-corrected chi connectivity index (χ2v) is 7.24. The van der Waals surface area contributed by atoms with Gasteiger partial charge in [0.1, 0.15) is 5.75 Å². The summed E-state index contributed by atoms with van der Waals surface area (Å²) in [6, 6.07) is 24.0. The summed E-state index contributed by atoms with van der Waals surface area (Å²) in [4.78, 5) is 15.0. The maximum atomic E-state index is 12.6. The van der Waals surface area contributed by atoms with Gasteiger partial charge in [-0.25, -0.2) is 0 Å². The molecule has 0 spiro atoms. The Hall–Kier alpha value is -2.89. The zero-order valence-electron chi connectivity index (χ0n) is 16.4. The van der Waals surface area contributed by atoms with Gasteiger partial charge in [-0.15, -0.1) is 0 Å². The summed E-state index contributed by atoms with van der Waals surface area (Å²) in [6.45, 7) is 3.99. The van der Waals surface area contributed by atoms with Gasteiger partial charge in [0.25, 0.3) is 5.91 Å². The molecule has 0 aromatic heterocycles. The molecule has 1 heterocycles. The second kappa shape index (κ2) is 9.54. The van der Waals surface area contributed by atoms with Crippen LogP contribution in [-0.2, 0) is 9.53 Å². The Morgan fingerprint density at radius 2 is 1.69 bits per heavy atom. The number of nitrogens with one attached hydrogen (secondary N) is 1. The highest BCUT2D eigenvalue weighted by Gasteiger charge is 2.20. The SMILES string of the molecule is O=C(COc1ccc2ccccc2c1)N[C@@H](CN1CCOCC1)c1ccccc1. The van der Waals surface area contributed by atoms with Crippen LogP contribution >= 0.6 is 0 Å². The van der Waals surface area contributed by atoms with Gasteiger partial charge in [-0.1, -0.05) is 60.7 Å². The Morgan fingerprint density at radius 1 is 0.966 bits per heavy atom. The third kappa shape index (κ3) is 5.34. The minimum Gasteiger partial charge on any atom is -0.484 e. The number of amides is 1. The normalized spacial score (nSPS) is 15.7. The first-order valence-electron chi connectivity index (χ1n) is 10.0. The molecule has 4 rings (SSSR count). The van der Waals surface area contributed by atoms with Gasteiger partial charge in [0.15, 0.2) is 6.61 Å². The number of carbonyl (C=O) groups is 1. The van der Waals surface area contributed by atoms with Crippen LogP contribution < -0.4 is 10.1 Å². The number of hydrogen-bond acceptors (Lipinski definition) is 4. The summed E-state index contributed by atoms with van der Waals surface area (Å²) in [5, 5.41) is 5.39. The average molecular weight is 390 g/mol. The fourth-order valence-electron chi connectivity index (χ4n) is 3.60. The van der Waals surface area contributed by atoms with E-state index in [-0.39, 0.29) is 18.6 Å². The summed E-state index contributed by atoms with van der Waals surface area (Å²) >= 11 is 0. The Kier molecular flexibility index (Phi) is 6.39. The van der Waals surface area contributed by atoms with E-state index in [0.717, 1.165) is 49.2 Å². The van der Waals surface area contributed by atoms with Crippen molar-refractivity contribution in [1.82, 2.24) is 10.2 Å². The van der Waals surface area contributed by atoms with Gasteiger partial charge in [0, 0.05) is 19.6 Å². The van der Waals surface area contributed by atoms with Crippen LogP contribution in [0.4, 0.5) is 0 Å². The van der Waals surface area contributed by atoms with Crippen LogP contribution in [0.25, 0.3) is 10.8 Å². The van der Waals surface area contributed by atoms with E-state index in [2.05, 4.69) is 28.4 Å². The van der Waals surface area contributed by atoms with E-state index < -0.39 is 0 Å². The molecule has 0 aliphatic carbocycles. The van der Waals surface area contributed by atoms with Crippen molar-refractivity contribution in [1.29, 1.82) is 0 Å². The number of morpholine rings is 1. The standard InChI is InChI=1S/C24H26N2O3/c27-24(18-29-22-11-10-19-6-4-5-9-21(19)16-22)25-23(20-7-2-1-3-8-20)17-26-12-14-28-15-13-26/h1-11,16,23H,12-15,17-18H2,(H,25,27)/t23-/m0/s1. The summed E-state index contributed by atoms with van der Waals surface area (Å²) < 4.78 is 11.2. The molecule has 5 heteroatoms. The van der Waals surface area contributed by atoms with Crippen molar-refractivity contribution in [2.24, 2.45) is 0 Å². The first-order valence-corrected chi connectivity index (χ1v) is 10.0. The molecule has 0 saturated carbocycles. The van der Waals surface area contributed by atoms with E-state index in [1.165, 1.54) is 0 Å². The van der Waals surface area contributed by atoms with Crippen molar-refractivity contribution >= 4 is 16.7 Å². The first-order chi connectivity index (χ1) is 14.3. The van der Waals surface area contributed by atoms with Gasteiger partial charge >= 0.3 is 0 Å². The molecule has 0 unspecified atom stereocenters. The molecule has 29 heavy (non-hydrogen) atoms. The molecule has 0 radical (unpaired) electrons. The Labute approximate surface area is 171 Å². The van der Waals surface area contributed by atoms with Crippen LogP contribution in [0.3, 0.4) is 0 Å². The number of fused-ring (bicyclic) bond motifs is 1. The van der Waals surface area contributed by atoms with E-state index in [0.29, 0.717) is 5.75 Å². The van der Waals surface area contributed by atoms with Gasteiger partial charge in [-0.05, 0) is 28.5 Å². The van der Waals surface area contributed by atoms with Crippen molar-refractivity contribution < 1.29 is 14.3 Å². The van der Waals surface area contributed by atoms with Gasteiger partial charge in [0.05, 0.1) is 19.3 Å². The molecule has 1 saturated heterocycles. The van der Waals surface area contributed by atoms with E-state index in [9.17, 15) is 4.79 Å².